The van der Waals surface area contributed by atoms with Crippen LogP contribution >= 0.6 is 35.0 Å². The second-order valence-electron chi connectivity index (χ2n) is 4.92. The smallest absolute Gasteiger partial charge is 0.244 e. The van der Waals surface area contributed by atoms with Crippen molar-refractivity contribution in [1.29, 1.82) is 0 Å². The molecule has 0 radical (unpaired) electrons. The van der Waals surface area contributed by atoms with Crippen molar-refractivity contribution < 1.29 is 13.6 Å². The van der Waals surface area contributed by atoms with Crippen molar-refractivity contribution in [3.05, 3.63) is 27.3 Å². The zero-order valence-corrected chi connectivity index (χ0v) is 13.7. The molecule has 0 atom stereocenters. The number of carbonyl (C=O) groups excluding carboxylic acids is 1. The van der Waals surface area contributed by atoms with Crippen LogP contribution in [-0.4, -0.2) is 11.4 Å². The number of hydrogen-bond donors (Lipinski definition) is 2. The summed E-state index contributed by atoms with van der Waals surface area (Å²) in [6.07, 6.45) is 4.08. The molecule has 1 aliphatic rings. The highest BCUT2D eigenvalue weighted by Crippen LogP contribution is 2.28. The molecule has 1 aliphatic carbocycles. The minimum absolute atomic E-state index is 0. The molecule has 20 heavy (non-hydrogen) atoms. The average Bonchev–Trinajstić information content (AvgIpc) is 2.36. The Kier molecular flexibility index (Phi) is 6.15. The lowest BCUT2D eigenvalue weighted by Crippen LogP contribution is -2.52. The molecule has 0 unspecified atom stereocenters. The van der Waals surface area contributed by atoms with Crippen LogP contribution in [0.4, 0.5) is 14.5 Å². The van der Waals surface area contributed by atoms with Crippen molar-refractivity contribution in [2.75, 3.05) is 5.32 Å². The summed E-state index contributed by atoms with van der Waals surface area (Å²) in [7, 11) is 0. The predicted octanol–water partition coefficient (Wildman–Crippen LogP) is 3.59. The fourth-order valence-corrected chi connectivity index (χ4v) is 2.60. The predicted molar refractivity (Wildman–Crippen MR) is 85.0 cm³/mol. The van der Waals surface area contributed by atoms with Crippen LogP contribution in [0.1, 0.15) is 32.1 Å². The number of anilines is 1. The Morgan fingerprint density at radius 2 is 1.70 bits per heavy atom. The molecule has 0 aromatic heterocycles. The van der Waals surface area contributed by atoms with E-state index < -0.39 is 17.2 Å². The number of rotatable bonds is 2. The third kappa shape index (κ3) is 3.79. The molecule has 0 aliphatic heterocycles. The van der Waals surface area contributed by atoms with Gasteiger partial charge in [-0.3, -0.25) is 4.79 Å². The molecule has 1 fully saturated rings. The summed E-state index contributed by atoms with van der Waals surface area (Å²) >= 11 is 1.58. The van der Waals surface area contributed by atoms with E-state index in [-0.39, 0.29) is 27.6 Å². The summed E-state index contributed by atoms with van der Waals surface area (Å²) in [5.74, 6) is -1.75. The lowest BCUT2D eigenvalue weighted by Gasteiger charge is -2.31. The SMILES string of the molecule is Cl.NC1(C(=O)Nc2cc(F)c(I)c(F)c2)CCCCC1. The van der Waals surface area contributed by atoms with Gasteiger partial charge in [0.2, 0.25) is 5.91 Å². The van der Waals surface area contributed by atoms with E-state index >= 15 is 0 Å². The first-order chi connectivity index (χ1) is 8.92. The summed E-state index contributed by atoms with van der Waals surface area (Å²) in [5.41, 5.74) is 5.24. The summed E-state index contributed by atoms with van der Waals surface area (Å²) in [6.45, 7) is 0. The number of hydrogen-bond acceptors (Lipinski definition) is 2. The van der Waals surface area contributed by atoms with Crippen LogP contribution in [0.15, 0.2) is 12.1 Å². The third-order valence-electron chi connectivity index (χ3n) is 3.44. The normalized spacial score (nSPS) is 17.2. The van der Waals surface area contributed by atoms with Gasteiger partial charge in [0.05, 0.1) is 9.11 Å². The van der Waals surface area contributed by atoms with Gasteiger partial charge in [-0.15, -0.1) is 12.4 Å². The van der Waals surface area contributed by atoms with E-state index in [2.05, 4.69) is 5.32 Å². The van der Waals surface area contributed by atoms with Crippen LogP contribution < -0.4 is 11.1 Å². The Bertz CT molecular complexity index is 484. The number of amides is 1. The van der Waals surface area contributed by atoms with E-state index in [0.717, 1.165) is 31.4 Å². The maximum absolute atomic E-state index is 13.4. The van der Waals surface area contributed by atoms with Crippen molar-refractivity contribution in [3.63, 3.8) is 0 Å². The molecule has 0 saturated heterocycles. The largest absolute Gasteiger partial charge is 0.324 e. The number of nitrogens with one attached hydrogen (secondary N) is 1. The summed E-state index contributed by atoms with van der Waals surface area (Å²) in [5, 5.41) is 2.51. The second-order valence-corrected chi connectivity index (χ2v) is 6.00. The number of carbonyl (C=O) groups is 1. The van der Waals surface area contributed by atoms with Crippen molar-refractivity contribution in [1.82, 2.24) is 0 Å². The molecule has 7 heteroatoms. The first kappa shape index (κ1) is 17.6. The molecule has 0 spiro atoms. The molecule has 1 saturated carbocycles. The van der Waals surface area contributed by atoms with Crippen LogP contribution in [0.3, 0.4) is 0 Å². The van der Waals surface area contributed by atoms with Gasteiger partial charge in [-0.2, -0.15) is 0 Å². The highest BCUT2D eigenvalue weighted by atomic mass is 127. The molecular weight excluding hydrogens is 401 g/mol. The van der Waals surface area contributed by atoms with Gasteiger partial charge in [-0.25, -0.2) is 8.78 Å². The maximum atomic E-state index is 13.4. The maximum Gasteiger partial charge on any atom is 0.244 e. The van der Waals surface area contributed by atoms with Gasteiger partial charge < -0.3 is 11.1 Å². The monoisotopic (exact) mass is 416 g/mol. The molecule has 0 bridgehead atoms. The molecule has 2 rings (SSSR count). The van der Waals surface area contributed by atoms with Gasteiger partial charge in [-0.1, -0.05) is 19.3 Å². The number of halogens is 4. The highest BCUT2D eigenvalue weighted by molar-refractivity contribution is 14.1. The second kappa shape index (κ2) is 7.00. The zero-order chi connectivity index (χ0) is 14.0. The van der Waals surface area contributed by atoms with E-state index in [4.69, 9.17) is 5.73 Å². The van der Waals surface area contributed by atoms with Crippen molar-refractivity contribution in [2.45, 2.75) is 37.6 Å². The van der Waals surface area contributed by atoms with Crippen LogP contribution in [0, 0.1) is 15.2 Å². The van der Waals surface area contributed by atoms with Crippen LogP contribution in [0.2, 0.25) is 0 Å². The molecular formula is C13H16ClF2IN2O. The molecule has 0 heterocycles. The Morgan fingerprint density at radius 3 is 2.20 bits per heavy atom. The first-order valence-corrected chi connectivity index (χ1v) is 7.25. The Labute approximate surface area is 136 Å². The third-order valence-corrected chi connectivity index (χ3v) is 4.47. The Hall–Kier alpha value is -0.470. The van der Waals surface area contributed by atoms with Crippen molar-refractivity contribution in [2.24, 2.45) is 5.73 Å². The molecule has 3 N–H and O–H groups in total. The van der Waals surface area contributed by atoms with E-state index in [1.54, 1.807) is 22.6 Å². The fraction of sp³-hybridized carbons (Fsp3) is 0.462. The fourth-order valence-electron chi connectivity index (χ4n) is 2.29. The quantitative estimate of drug-likeness (QED) is 0.572. The summed E-state index contributed by atoms with van der Waals surface area (Å²) in [6, 6.07) is 2.21. The van der Waals surface area contributed by atoms with E-state index in [0.29, 0.717) is 12.8 Å². The van der Waals surface area contributed by atoms with Crippen LogP contribution in [0.5, 0.6) is 0 Å². The molecule has 1 aromatic rings. The minimum Gasteiger partial charge on any atom is -0.324 e. The van der Waals surface area contributed by atoms with E-state index in [9.17, 15) is 13.6 Å². The Balaban J connectivity index is 0.00000200. The van der Waals surface area contributed by atoms with Gasteiger partial charge in [0.1, 0.15) is 11.6 Å². The highest BCUT2D eigenvalue weighted by Gasteiger charge is 2.35. The van der Waals surface area contributed by atoms with Gasteiger partial charge in [-0.05, 0) is 47.6 Å². The summed E-state index contributed by atoms with van der Waals surface area (Å²) < 4.78 is 26.7. The summed E-state index contributed by atoms with van der Waals surface area (Å²) in [4.78, 5) is 12.1. The first-order valence-electron chi connectivity index (χ1n) is 6.17. The van der Waals surface area contributed by atoms with Crippen molar-refractivity contribution >= 4 is 46.6 Å². The molecule has 3 nitrogen and oxygen atoms in total. The van der Waals surface area contributed by atoms with E-state index in [1.165, 1.54) is 0 Å². The lowest BCUT2D eigenvalue weighted by molar-refractivity contribution is -0.122. The number of nitrogens with two attached hydrogens (primary N) is 1. The Morgan fingerprint density at radius 1 is 1.20 bits per heavy atom. The van der Waals surface area contributed by atoms with Gasteiger partial charge in [0.25, 0.3) is 0 Å². The van der Waals surface area contributed by atoms with Gasteiger partial charge in [0, 0.05) is 5.69 Å². The molecule has 1 aromatic carbocycles. The van der Waals surface area contributed by atoms with Crippen LogP contribution in [-0.2, 0) is 4.79 Å². The topological polar surface area (TPSA) is 55.1 Å². The average molecular weight is 417 g/mol. The van der Waals surface area contributed by atoms with Crippen molar-refractivity contribution in [3.8, 4) is 0 Å². The van der Waals surface area contributed by atoms with Gasteiger partial charge in [0.15, 0.2) is 0 Å². The van der Waals surface area contributed by atoms with Gasteiger partial charge >= 0.3 is 0 Å². The molecule has 1 amide bonds. The minimum atomic E-state index is -0.922. The molecule has 112 valence electrons. The lowest BCUT2D eigenvalue weighted by atomic mass is 9.82. The van der Waals surface area contributed by atoms with Crippen LogP contribution in [0.25, 0.3) is 0 Å². The standard InChI is InChI=1S/C13H15F2IN2O.ClH/c14-9-6-8(7-10(15)11(9)16)18-12(19)13(17)4-2-1-3-5-13;/h6-7H,1-5,17H2,(H,18,19);1H. The zero-order valence-electron chi connectivity index (χ0n) is 10.7. The van der Waals surface area contributed by atoms with E-state index in [1.807, 2.05) is 0 Å². The number of benzene rings is 1.